The number of hydrogen-bond acceptors (Lipinski definition) is 5. The van der Waals surface area contributed by atoms with Crippen LogP contribution in [0, 0.1) is 0 Å². The van der Waals surface area contributed by atoms with Gasteiger partial charge in [-0.25, -0.2) is 5.43 Å². The molecule has 0 amide bonds. The predicted molar refractivity (Wildman–Crippen MR) is 60.4 cm³/mol. The number of hydrazine groups is 1. The molecule has 2 aliphatic rings. The number of hydrogen-bond donors (Lipinski definition) is 3. The molecular formula is C9H18N4S. The van der Waals surface area contributed by atoms with Gasteiger partial charge in [-0.05, 0) is 20.4 Å². The second-order valence-corrected chi connectivity index (χ2v) is 5.08. The lowest BCUT2D eigenvalue weighted by molar-refractivity contribution is 0.282. The number of nitrogens with one attached hydrogen (secondary N) is 2. The van der Waals surface area contributed by atoms with Crippen molar-refractivity contribution in [1.82, 2.24) is 15.8 Å². The third kappa shape index (κ3) is 1.91. The molecule has 2 heterocycles. The van der Waals surface area contributed by atoms with Crippen LogP contribution in [-0.4, -0.2) is 35.3 Å². The minimum Gasteiger partial charge on any atom is -0.322 e. The van der Waals surface area contributed by atoms with E-state index in [9.17, 15) is 0 Å². The van der Waals surface area contributed by atoms with Crippen LogP contribution >= 0.6 is 11.8 Å². The minimum atomic E-state index is 0.0490. The summed E-state index contributed by atoms with van der Waals surface area (Å²) in [5, 5.41) is 0.463. The monoisotopic (exact) mass is 214 g/mol. The van der Waals surface area contributed by atoms with E-state index in [2.05, 4.69) is 35.8 Å². The van der Waals surface area contributed by atoms with Crippen molar-refractivity contribution >= 4 is 11.8 Å². The predicted octanol–water partition coefficient (Wildman–Crippen LogP) is 0.0462. The van der Waals surface area contributed by atoms with E-state index in [1.54, 1.807) is 0 Å². The molecule has 0 saturated carbocycles. The normalized spacial score (nSPS) is 39.4. The first-order valence-corrected chi connectivity index (χ1v) is 6.04. The van der Waals surface area contributed by atoms with E-state index in [4.69, 9.17) is 5.73 Å². The molecule has 3 atom stereocenters. The summed E-state index contributed by atoms with van der Waals surface area (Å²) in [5.74, 6) is 1.20. The Bertz CT molecular complexity index is 243. The maximum atomic E-state index is 5.72. The molecule has 0 aromatic heterocycles. The Morgan fingerprint density at radius 3 is 2.93 bits per heavy atom. The molecule has 0 aliphatic carbocycles. The number of nitrogens with zero attached hydrogens (tertiary/aromatic N) is 1. The Balaban J connectivity index is 2.02. The van der Waals surface area contributed by atoms with Crippen molar-refractivity contribution in [2.75, 3.05) is 12.8 Å². The molecule has 80 valence electrons. The van der Waals surface area contributed by atoms with Gasteiger partial charge in [-0.3, -0.25) is 4.90 Å². The van der Waals surface area contributed by atoms with Gasteiger partial charge in [0.2, 0.25) is 0 Å². The van der Waals surface area contributed by atoms with Gasteiger partial charge in [-0.2, -0.15) is 0 Å². The summed E-state index contributed by atoms with van der Waals surface area (Å²) in [4.78, 5) is 2.39. The molecule has 4 N–H and O–H groups in total. The number of nitrogens with two attached hydrogens (primary N) is 1. The Hall–Kier alpha value is -0.230. The van der Waals surface area contributed by atoms with E-state index in [0.29, 0.717) is 11.4 Å². The Morgan fingerprint density at radius 1 is 1.64 bits per heavy atom. The maximum absolute atomic E-state index is 5.72. The highest BCUT2D eigenvalue weighted by Gasteiger charge is 2.31. The summed E-state index contributed by atoms with van der Waals surface area (Å²) >= 11 is 1.98. The molecule has 2 rings (SSSR count). The first-order chi connectivity index (χ1) is 6.68. The van der Waals surface area contributed by atoms with Gasteiger partial charge in [0.25, 0.3) is 0 Å². The summed E-state index contributed by atoms with van der Waals surface area (Å²) in [5.41, 5.74) is 13.2. The third-order valence-electron chi connectivity index (χ3n) is 2.82. The largest absolute Gasteiger partial charge is 0.322 e. The van der Waals surface area contributed by atoms with Crippen LogP contribution in [0.4, 0.5) is 0 Å². The molecule has 3 unspecified atom stereocenters. The summed E-state index contributed by atoms with van der Waals surface area (Å²) in [6.45, 7) is 2.26. The van der Waals surface area contributed by atoms with E-state index in [1.165, 1.54) is 11.4 Å². The fourth-order valence-corrected chi connectivity index (χ4v) is 3.18. The SMILES string of the molecule is CC1CSC(C2=CCC(N)NN2)N1C. The van der Waals surface area contributed by atoms with Crippen molar-refractivity contribution < 1.29 is 0 Å². The first kappa shape index (κ1) is 10.3. The number of thioether (sulfide) groups is 1. The van der Waals surface area contributed by atoms with Crippen LogP contribution in [-0.2, 0) is 0 Å². The Kier molecular flexibility index (Phi) is 3.02. The van der Waals surface area contributed by atoms with Crippen LogP contribution in [0.25, 0.3) is 0 Å². The number of rotatable bonds is 1. The molecule has 5 heteroatoms. The summed E-state index contributed by atoms with van der Waals surface area (Å²) in [6, 6.07) is 0.656. The van der Waals surface area contributed by atoms with Gasteiger partial charge in [-0.1, -0.05) is 6.08 Å². The van der Waals surface area contributed by atoms with Crippen LogP contribution in [0.3, 0.4) is 0 Å². The van der Waals surface area contributed by atoms with Crippen molar-refractivity contribution in [1.29, 1.82) is 0 Å². The molecule has 4 nitrogen and oxygen atoms in total. The molecule has 0 bridgehead atoms. The van der Waals surface area contributed by atoms with Crippen LogP contribution in [0.15, 0.2) is 11.8 Å². The van der Waals surface area contributed by atoms with E-state index >= 15 is 0 Å². The van der Waals surface area contributed by atoms with Gasteiger partial charge in [0.1, 0.15) is 0 Å². The van der Waals surface area contributed by atoms with E-state index in [-0.39, 0.29) is 6.17 Å². The molecule has 1 fully saturated rings. The number of likely N-dealkylation sites (N-methyl/N-ethyl adjacent to an activating group) is 1. The van der Waals surface area contributed by atoms with Crippen molar-refractivity contribution in [2.24, 2.45) is 5.73 Å². The average molecular weight is 214 g/mol. The van der Waals surface area contributed by atoms with Crippen LogP contribution in [0.1, 0.15) is 13.3 Å². The fourth-order valence-electron chi connectivity index (χ4n) is 1.71. The van der Waals surface area contributed by atoms with Gasteiger partial charge in [-0.15, -0.1) is 11.8 Å². The molecule has 2 aliphatic heterocycles. The van der Waals surface area contributed by atoms with Crippen molar-refractivity contribution in [3.05, 3.63) is 11.8 Å². The van der Waals surface area contributed by atoms with Gasteiger partial charge in [0.15, 0.2) is 0 Å². The van der Waals surface area contributed by atoms with E-state index in [1.807, 2.05) is 11.8 Å². The highest BCUT2D eigenvalue weighted by Crippen LogP contribution is 2.31. The van der Waals surface area contributed by atoms with Crippen molar-refractivity contribution in [3.63, 3.8) is 0 Å². The standard InChI is InChI=1S/C9H18N4S/c1-6-5-14-9(13(6)2)7-3-4-8(10)12-11-7/h3,6,8-9,11-12H,4-5,10H2,1-2H3. The highest BCUT2D eigenvalue weighted by atomic mass is 32.2. The Morgan fingerprint density at radius 2 is 2.43 bits per heavy atom. The fraction of sp³-hybridized carbons (Fsp3) is 0.778. The molecule has 0 spiro atoms. The van der Waals surface area contributed by atoms with Crippen LogP contribution in [0.2, 0.25) is 0 Å². The molecule has 1 saturated heterocycles. The topological polar surface area (TPSA) is 53.3 Å². The van der Waals surface area contributed by atoms with Crippen LogP contribution < -0.4 is 16.6 Å². The zero-order chi connectivity index (χ0) is 10.1. The molecule has 14 heavy (non-hydrogen) atoms. The highest BCUT2D eigenvalue weighted by molar-refractivity contribution is 8.00. The lowest BCUT2D eigenvalue weighted by atomic mass is 10.2. The molecule has 0 aromatic carbocycles. The minimum absolute atomic E-state index is 0.0490. The van der Waals surface area contributed by atoms with E-state index < -0.39 is 0 Å². The van der Waals surface area contributed by atoms with Gasteiger partial charge < -0.3 is 11.2 Å². The lowest BCUT2D eigenvalue weighted by Crippen LogP contribution is -2.51. The summed E-state index contributed by atoms with van der Waals surface area (Å²) in [7, 11) is 2.17. The summed E-state index contributed by atoms with van der Waals surface area (Å²) < 4.78 is 0. The van der Waals surface area contributed by atoms with Gasteiger partial charge in [0, 0.05) is 17.5 Å². The zero-order valence-corrected chi connectivity index (χ0v) is 9.47. The maximum Gasteiger partial charge on any atom is 0.0972 e. The summed E-state index contributed by atoms with van der Waals surface area (Å²) in [6.07, 6.45) is 3.16. The van der Waals surface area contributed by atoms with Gasteiger partial charge >= 0.3 is 0 Å². The molecule has 0 aromatic rings. The van der Waals surface area contributed by atoms with Crippen molar-refractivity contribution in [2.45, 2.75) is 30.9 Å². The first-order valence-electron chi connectivity index (χ1n) is 4.99. The zero-order valence-electron chi connectivity index (χ0n) is 8.66. The van der Waals surface area contributed by atoms with Crippen LogP contribution in [0.5, 0.6) is 0 Å². The smallest absolute Gasteiger partial charge is 0.0972 e. The molecule has 0 radical (unpaired) electrons. The van der Waals surface area contributed by atoms with Gasteiger partial charge in [0.05, 0.1) is 11.5 Å². The molecular weight excluding hydrogens is 196 g/mol. The second-order valence-electron chi connectivity index (χ2n) is 3.97. The second kappa shape index (κ2) is 4.10. The average Bonchev–Trinajstić information content (AvgIpc) is 2.50. The van der Waals surface area contributed by atoms with E-state index in [0.717, 1.165) is 6.42 Å². The van der Waals surface area contributed by atoms with Crippen molar-refractivity contribution in [3.8, 4) is 0 Å². The quantitative estimate of drug-likeness (QED) is 0.576. The third-order valence-corrected chi connectivity index (χ3v) is 4.40. The Labute approximate surface area is 89.3 Å². The lowest BCUT2D eigenvalue weighted by Gasteiger charge is -2.29.